The molecular formula is C16H15N3O. The largest absolute Gasteiger partial charge is 0.287 e. The first kappa shape index (κ1) is 12.5. The molecule has 0 aliphatic rings. The molecule has 0 saturated carbocycles. The van der Waals surface area contributed by atoms with Gasteiger partial charge in [-0.2, -0.15) is 5.10 Å². The molecule has 0 spiro atoms. The van der Waals surface area contributed by atoms with Crippen LogP contribution >= 0.6 is 0 Å². The fraction of sp³-hybridized carbons (Fsp3) is 0.188. The Bertz CT molecular complexity index is 784. The van der Waals surface area contributed by atoms with Gasteiger partial charge in [0.1, 0.15) is 5.69 Å². The van der Waals surface area contributed by atoms with Gasteiger partial charge in [-0.15, -0.1) is 0 Å². The van der Waals surface area contributed by atoms with Crippen LogP contribution in [0.5, 0.6) is 0 Å². The Kier molecular flexibility index (Phi) is 3.06. The van der Waals surface area contributed by atoms with E-state index in [1.807, 2.05) is 44.2 Å². The Morgan fingerprint density at radius 2 is 2.15 bits per heavy atom. The molecule has 100 valence electrons. The maximum atomic E-state index is 12.8. The molecule has 0 atom stereocenters. The average molecular weight is 265 g/mol. The molecule has 0 aliphatic carbocycles. The summed E-state index contributed by atoms with van der Waals surface area (Å²) in [5, 5.41) is 6.23. The van der Waals surface area contributed by atoms with Gasteiger partial charge in [-0.1, -0.05) is 18.2 Å². The van der Waals surface area contributed by atoms with Crippen molar-refractivity contribution in [3.05, 3.63) is 59.7 Å². The van der Waals surface area contributed by atoms with Gasteiger partial charge in [-0.05, 0) is 31.4 Å². The van der Waals surface area contributed by atoms with Crippen LogP contribution in [0, 0.1) is 6.92 Å². The number of rotatable bonds is 3. The highest BCUT2D eigenvalue weighted by atomic mass is 16.1. The number of aromatic nitrogens is 3. The number of pyridine rings is 1. The minimum Gasteiger partial charge on any atom is -0.287 e. The van der Waals surface area contributed by atoms with Crippen molar-refractivity contribution in [2.24, 2.45) is 0 Å². The highest BCUT2D eigenvalue weighted by Crippen LogP contribution is 2.21. The molecular weight excluding hydrogens is 250 g/mol. The highest BCUT2D eigenvalue weighted by Gasteiger charge is 2.17. The van der Waals surface area contributed by atoms with Crippen LogP contribution in [-0.2, 0) is 6.54 Å². The first-order valence-electron chi connectivity index (χ1n) is 6.62. The molecule has 1 aromatic carbocycles. The minimum atomic E-state index is 0.00394. The zero-order valence-electron chi connectivity index (χ0n) is 11.5. The van der Waals surface area contributed by atoms with E-state index in [2.05, 4.69) is 10.1 Å². The van der Waals surface area contributed by atoms with E-state index in [4.69, 9.17) is 0 Å². The SMILES string of the molecule is CCn1nc(C)cc1C(=O)c1cccc2cnccc12. The normalized spacial score (nSPS) is 10.9. The smallest absolute Gasteiger partial charge is 0.211 e. The molecule has 0 amide bonds. The maximum absolute atomic E-state index is 12.8. The molecule has 3 rings (SSSR count). The molecule has 0 N–H and O–H groups in total. The number of carbonyl (C=O) groups excluding carboxylic acids is 1. The number of nitrogens with zero attached hydrogens (tertiary/aromatic N) is 3. The summed E-state index contributed by atoms with van der Waals surface area (Å²) in [6.45, 7) is 4.56. The number of hydrogen-bond acceptors (Lipinski definition) is 3. The number of aryl methyl sites for hydroxylation is 2. The van der Waals surface area contributed by atoms with E-state index in [9.17, 15) is 4.79 Å². The first-order chi connectivity index (χ1) is 9.70. The molecule has 2 heterocycles. The Balaban J connectivity index is 2.17. The quantitative estimate of drug-likeness (QED) is 0.684. The third-order valence-electron chi connectivity index (χ3n) is 3.36. The second kappa shape index (κ2) is 4.89. The number of hydrogen-bond donors (Lipinski definition) is 0. The Morgan fingerprint density at radius 1 is 1.30 bits per heavy atom. The van der Waals surface area contributed by atoms with Gasteiger partial charge in [0.05, 0.1) is 5.69 Å². The van der Waals surface area contributed by atoms with E-state index >= 15 is 0 Å². The van der Waals surface area contributed by atoms with E-state index in [-0.39, 0.29) is 5.78 Å². The molecule has 0 fully saturated rings. The standard InChI is InChI=1S/C16H15N3O/c1-3-19-15(9-11(2)18-19)16(20)14-6-4-5-12-10-17-8-7-13(12)14/h4-10H,3H2,1-2H3. The third kappa shape index (κ3) is 1.99. The van der Waals surface area contributed by atoms with Crippen LogP contribution in [0.1, 0.15) is 28.7 Å². The van der Waals surface area contributed by atoms with Crippen LogP contribution in [0.2, 0.25) is 0 Å². The number of benzene rings is 1. The van der Waals surface area contributed by atoms with Crippen molar-refractivity contribution in [1.29, 1.82) is 0 Å². The molecule has 4 heteroatoms. The van der Waals surface area contributed by atoms with Gasteiger partial charge in [-0.25, -0.2) is 0 Å². The topological polar surface area (TPSA) is 47.8 Å². The Hall–Kier alpha value is -2.49. The van der Waals surface area contributed by atoms with Crippen molar-refractivity contribution >= 4 is 16.6 Å². The lowest BCUT2D eigenvalue weighted by molar-refractivity contribution is 0.103. The molecule has 0 radical (unpaired) electrons. The zero-order chi connectivity index (χ0) is 14.1. The lowest BCUT2D eigenvalue weighted by atomic mass is 10.0. The lowest BCUT2D eigenvalue weighted by Crippen LogP contribution is -2.10. The second-order valence-corrected chi connectivity index (χ2v) is 4.72. The van der Waals surface area contributed by atoms with Crippen LogP contribution in [0.3, 0.4) is 0 Å². The van der Waals surface area contributed by atoms with E-state index in [0.717, 1.165) is 16.5 Å². The molecule has 0 unspecified atom stereocenters. The van der Waals surface area contributed by atoms with Gasteiger partial charge in [-0.3, -0.25) is 14.5 Å². The molecule has 0 aliphatic heterocycles. The van der Waals surface area contributed by atoms with E-state index < -0.39 is 0 Å². The number of ketones is 1. The molecule has 4 nitrogen and oxygen atoms in total. The van der Waals surface area contributed by atoms with Crippen molar-refractivity contribution < 1.29 is 4.79 Å². The molecule has 0 saturated heterocycles. The predicted octanol–water partition coefficient (Wildman–Crippen LogP) is 2.99. The average Bonchev–Trinajstić information content (AvgIpc) is 2.87. The summed E-state index contributed by atoms with van der Waals surface area (Å²) in [6.07, 6.45) is 3.48. The maximum Gasteiger partial charge on any atom is 0.211 e. The van der Waals surface area contributed by atoms with Crippen molar-refractivity contribution in [2.45, 2.75) is 20.4 Å². The molecule has 20 heavy (non-hydrogen) atoms. The number of fused-ring (bicyclic) bond motifs is 1. The van der Waals surface area contributed by atoms with Crippen molar-refractivity contribution in [3.63, 3.8) is 0 Å². The van der Waals surface area contributed by atoms with Crippen molar-refractivity contribution in [3.8, 4) is 0 Å². The van der Waals surface area contributed by atoms with Crippen LogP contribution in [0.25, 0.3) is 10.8 Å². The van der Waals surface area contributed by atoms with E-state index in [0.29, 0.717) is 17.8 Å². The molecule has 2 aromatic heterocycles. The van der Waals surface area contributed by atoms with Gasteiger partial charge in [0, 0.05) is 29.9 Å². The molecule has 3 aromatic rings. The van der Waals surface area contributed by atoms with Gasteiger partial charge in [0.15, 0.2) is 0 Å². The van der Waals surface area contributed by atoms with E-state index in [1.165, 1.54) is 0 Å². The fourth-order valence-electron chi connectivity index (χ4n) is 2.43. The van der Waals surface area contributed by atoms with Gasteiger partial charge >= 0.3 is 0 Å². The monoisotopic (exact) mass is 265 g/mol. The van der Waals surface area contributed by atoms with Crippen LogP contribution < -0.4 is 0 Å². The fourth-order valence-corrected chi connectivity index (χ4v) is 2.43. The summed E-state index contributed by atoms with van der Waals surface area (Å²) < 4.78 is 1.75. The predicted molar refractivity (Wildman–Crippen MR) is 77.8 cm³/mol. The summed E-state index contributed by atoms with van der Waals surface area (Å²) in [5.74, 6) is 0.00394. The van der Waals surface area contributed by atoms with Gasteiger partial charge in [0.25, 0.3) is 0 Å². The van der Waals surface area contributed by atoms with Crippen LogP contribution in [0.4, 0.5) is 0 Å². The van der Waals surface area contributed by atoms with Crippen LogP contribution in [0.15, 0.2) is 42.7 Å². The van der Waals surface area contributed by atoms with Gasteiger partial charge in [0.2, 0.25) is 5.78 Å². The summed E-state index contributed by atoms with van der Waals surface area (Å²) >= 11 is 0. The zero-order valence-corrected chi connectivity index (χ0v) is 11.5. The summed E-state index contributed by atoms with van der Waals surface area (Å²) in [7, 11) is 0. The van der Waals surface area contributed by atoms with Crippen LogP contribution in [-0.4, -0.2) is 20.5 Å². The summed E-state index contributed by atoms with van der Waals surface area (Å²) in [5.41, 5.74) is 2.19. The Morgan fingerprint density at radius 3 is 2.95 bits per heavy atom. The summed E-state index contributed by atoms with van der Waals surface area (Å²) in [6, 6.07) is 9.42. The first-order valence-corrected chi connectivity index (χ1v) is 6.62. The summed E-state index contributed by atoms with van der Waals surface area (Å²) in [4.78, 5) is 16.9. The highest BCUT2D eigenvalue weighted by molar-refractivity contribution is 6.15. The number of carbonyl (C=O) groups is 1. The van der Waals surface area contributed by atoms with Crippen molar-refractivity contribution in [1.82, 2.24) is 14.8 Å². The lowest BCUT2D eigenvalue weighted by Gasteiger charge is -2.06. The molecule has 0 bridgehead atoms. The van der Waals surface area contributed by atoms with Gasteiger partial charge < -0.3 is 0 Å². The Labute approximate surface area is 117 Å². The minimum absolute atomic E-state index is 0.00394. The van der Waals surface area contributed by atoms with E-state index in [1.54, 1.807) is 17.1 Å². The van der Waals surface area contributed by atoms with Crippen molar-refractivity contribution in [2.75, 3.05) is 0 Å². The third-order valence-corrected chi connectivity index (χ3v) is 3.36. The second-order valence-electron chi connectivity index (χ2n) is 4.72.